The second-order valence-electron chi connectivity index (χ2n) is 5.84. The lowest BCUT2D eigenvalue weighted by molar-refractivity contribution is -0.142. The lowest BCUT2D eigenvalue weighted by Crippen LogP contribution is -2.48. The quantitative estimate of drug-likeness (QED) is 0.755. The van der Waals surface area contributed by atoms with Crippen LogP contribution < -0.4 is 5.32 Å². The first kappa shape index (κ1) is 16.8. The summed E-state index contributed by atoms with van der Waals surface area (Å²) in [7, 11) is 0. The smallest absolute Gasteiger partial charge is 0.326 e. The summed E-state index contributed by atoms with van der Waals surface area (Å²) in [5, 5.41) is 12.1. The third-order valence-corrected chi connectivity index (χ3v) is 4.30. The van der Waals surface area contributed by atoms with E-state index in [0.717, 1.165) is 25.7 Å². The summed E-state index contributed by atoms with van der Waals surface area (Å²) in [6, 6.07) is -0.901. The zero-order chi connectivity index (χ0) is 15.1. The fourth-order valence-corrected chi connectivity index (χ4v) is 2.83. The van der Waals surface area contributed by atoms with Gasteiger partial charge in [-0.25, -0.2) is 9.59 Å². The van der Waals surface area contributed by atoms with Gasteiger partial charge in [0, 0.05) is 13.1 Å². The Labute approximate surface area is 121 Å². The number of carbonyl (C=O) groups excluding carboxylic acids is 1. The monoisotopic (exact) mass is 284 g/mol. The zero-order valence-corrected chi connectivity index (χ0v) is 12.9. The summed E-state index contributed by atoms with van der Waals surface area (Å²) in [5.41, 5.74) is 0. The van der Waals surface area contributed by atoms with E-state index in [-0.39, 0.29) is 11.9 Å². The number of amides is 2. The Kier molecular flexibility index (Phi) is 6.82. The molecule has 1 fully saturated rings. The third kappa shape index (κ3) is 4.39. The molecule has 0 spiro atoms. The number of unbranched alkanes of at least 4 members (excludes halogenated alkanes) is 1. The number of aliphatic carboxylic acids is 1. The van der Waals surface area contributed by atoms with Crippen molar-refractivity contribution in [2.45, 2.75) is 58.9 Å². The average molecular weight is 284 g/mol. The molecule has 3 atom stereocenters. The molecule has 5 heteroatoms. The van der Waals surface area contributed by atoms with Gasteiger partial charge < -0.3 is 15.3 Å². The number of carbonyl (C=O) groups is 2. The Balaban J connectivity index is 2.47. The van der Waals surface area contributed by atoms with Crippen molar-refractivity contribution in [3.8, 4) is 0 Å². The second kappa shape index (κ2) is 8.12. The van der Waals surface area contributed by atoms with Gasteiger partial charge in [-0.3, -0.25) is 0 Å². The van der Waals surface area contributed by atoms with Crippen LogP contribution in [0, 0.1) is 11.8 Å². The highest BCUT2D eigenvalue weighted by molar-refractivity contribution is 5.83. The zero-order valence-electron chi connectivity index (χ0n) is 12.9. The molecule has 1 aliphatic rings. The number of nitrogens with zero attached hydrogens (tertiary/aromatic N) is 1. The lowest BCUT2D eigenvalue weighted by atomic mass is 9.99. The van der Waals surface area contributed by atoms with Gasteiger partial charge in [0.05, 0.1) is 0 Å². The minimum absolute atomic E-state index is 0.0281. The SMILES string of the molecule is CCCCC(CC)CNC(=O)N1CCC(C)C1C(=O)O. The van der Waals surface area contributed by atoms with E-state index in [0.29, 0.717) is 19.0 Å². The average Bonchev–Trinajstić information content (AvgIpc) is 2.80. The van der Waals surface area contributed by atoms with Crippen LogP contribution in [0.1, 0.15) is 52.9 Å². The molecule has 0 aromatic rings. The summed E-state index contributed by atoms with van der Waals surface area (Å²) in [4.78, 5) is 24.9. The molecular weight excluding hydrogens is 256 g/mol. The minimum Gasteiger partial charge on any atom is -0.480 e. The Morgan fingerprint density at radius 1 is 1.40 bits per heavy atom. The van der Waals surface area contributed by atoms with Gasteiger partial charge in [0.15, 0.2) is 0 Å². The first-order chi connectivity index (χ1) is 9.51. The molecule has 0 bridgehead atoms. The molecule has 20 heavy (non-hydrogen) atoms. The molecule has 116 valence electrons. The van der Waals surface area contributed by atoms with E-state index in [2.05, 4.69) is 19.2 Å². The van der Waals surface area contributed by atoms with E-state index in [1.807, 2.05) is 6.92 Å². The molecule has 0 aliphatic carbocycles. The molecule has 0 aromatic carbocycles. The highest BCUT2D eigenvalue weighted by Gasteiger charge is 2.39. The van der Waals surface area contributed by atoms with Gasteiger partial charge in [-0.2, -0.15) is 0 Å². The van der Waals surface area contributed by atoms with Gasteiger partial charge in [0.1, 0.15) is 6.04 Å². The van der Waals surface area contributed by atoms with Crippen molar-refractivity contribution in [1.82, 2.24) is 10.2 Å². The maximum absolute atomic E-state index is 12.2. The van der Waals surface area contributed by atoms with Gasteiger partial charge in [-0.1, -0.05) is 40.0 Å². The highest BCUT2D eigenvalue weighted by atomic mass is 16.4. The Morgan fingerprint density at radius 2 is 2.10 bits per heavy atom. The van der Waals surface area contributed by atoms with Crippen LogP contribution in [-0.4, -0.2) is 41.1 Å². The molecule has 2 N–H and O–H groups in total. The topological polar surface area (TPSA) is 69.6 Å². The van der Waals surface area contributed by atoms with E-state index >= 15 is 0 Å². The Hall–Kier alpha value is -1.26. The number of carboxylic acid groups (broad SMARTS) is 1. The van der Waals surface area contributed by atoms with Crippen molar-refractivity contribution >= 4 is 12.0 Å². The van der Waals surface area contributed by atoms with Crippen molar-refractivity contribution in [2.24, 2.45) is 11.8 Å². The van der Waals surface area contributed by atoms with Crippen LogP contribution in [0.4, 0.5) is 4.79 Å². The summed E-state index contributed by atoms with van der Waals surface area (Å²) in [6.07, 6.45) is 5.25. The Morgan fingerprint density at radius 3 is 2.65 bits per heavy atom. The predicted octanol–water partition coefficient (Wildman–Crippen LogP) is 2.71. The van der Waals surface area contributed by atoms with Crippen LogP contribution in [0.5, 0.6) is 0 Å². The molecule has 3 unspecified atom stereocenters. The second-order valence-corrected chi connectivity index (χ2v) is 5.84. The van der Waals surface area contributed by atoms with E-state index in [4.69, 9.17) is 0 Å². The maximum atomic E-state index is 12.2. The van der Waals surface area contributed by atoms with Gasteiger partial charge in [0.25, 0.3) is 0 Å². The number of nitrogens with one attached hydrogen (secondary N) is 1. The predicted molar refractivity (Wildman–Crippen MR) is 78.6 cm³/mol. The lowest BCUT2D eigenvalue weighted by Gasteiger charge is -2.25. The highest BCUT2D eigenvalue weighted by Crippen LogP contribution is 2.24. The van der Waals surface area contributed by atoms with Gasteiger partial charge in [-0.15, -0.1) is 0 Å². The van der Waals surface area contributed by atoms with Crippen LogP contribution >= 0.6 is 0 Å². The van der Waals surface area contributed by atoms with Crippen LogP contribution in [0.25, 0.3) is 0 Å². The summed E-state index contributed by atoms with van der Waals surface area (Å²) >= 11 is 0. The number of hydrogen-bond acceptors (Lipinski definition) is 2. The van der Waals surface area contributed by atoms with Crippen LogP contribution in [0.2, 0.25) is 0 Å². The van der Waals surface area contributed by atoms with E-state index in [1.165, 1.54) is 11.3 Å². The molecule has 5 nitrogen and oxygen atoms in total. The van der Waals surface area contributed by atoms with Crippen LogP contribution in [-0.2, 0) is 4.79 Å². The van der Waals surface area contributed by atoms with Crippen molar-refractivity contribution in [3.05, 3.63) is 0 Å². The fourth-order valence-electron chi connectivity index (χ4n) is 2.83. The van der Waals surface area contributed by atoms with Crippen molar-refractivity contribution in [1.29, 1.82) is 0 Å². The fraction of sp³-hybridized carbons (Fsp3) is 0.867. The van der Waals surface area contributed by atoms with Crippen molar-refractivity contribution in [2.75, 3.05) is 13.1 Å². The minimum atomic E-state index is -0.900. The summed E-state index contributed by atoms with van der Waals surface area (Å²) < 4.78 is 0. The number of hydrogen-bond donors (Lipinski definition) is 2. The molecule has 1 heterocycles. The van der Waals surface area contributed by atoms with Gasteiger partial charge in [0.2, 0.25) is 0 Å². The largest absolute Gasteiger partial charge is 0.480 e. The normalized spacial score (nSPS) is 23.6. The maximum Gasteiger partial charge on any atom is 0.326 e. The molecule has 0 radical (unpaired) electrons. The first-order valence-electron chi connectivity index (χ1n) is 7.78. The molecule has 1 aliphatic heterocycles. The van der Waals surface area contributed by atoms with Crippen LogP contribution in [0.3, 0.4) is 0 Å². The number of carboxylic acids is 1. The molecule has 2 amide bonds. The van der Waals surface area contributed by atoms with E-state index < -0.39 is 12.0 Å². The standard InChI is InChI=1S/C15H28N2O3/c1-4-6-7-12(5-2)10-16-15(20)17-9-8-11(3)13(17)14(18)19/h11-13H,4-10H2,1-3H3,(H,16,20)(H,18,19). The van der Waals surface area contributed by atoms with Crippen molar-refractivity contribution in [3.63, 3.8) is 0 Å². The Bertz CT molecular complexity index is 333. The van der Waals surface area contributed by atoms with Gasteiger partial charge in [-0.05, 0) is 24.7 Å². The van der Waals surface area contributed by atoms with E-state index in [1.54, 1.807) is 0 Å². The van der Waals surface area contributed by atoms with Gasteiger partial charge >= 0.3 is 12.0 Å². The van der Waals surface area contributed by atoms with Crippen LogP contribution in [0.15, 0.2) is 0 Å². The molecular formula is C15H28N2O3. The molecule has 0 saturated carbocycles. The molecule has 0 aromatic heterocycles. The number of rotatable bonds is 7. The van der Waals surface area contributed by atoms with Crippen molar-refractivity contribution < 1.29 is 14.7 Å². The molecule has 1 saturated heterocycles. The first-order valence-corrected chi connectivity index (χ1v) is 7.78. The number of likely N-dealkylation sites (tertiary alicyclic amines) is 1. The number of urea groups is 1. The van der Waals surface area contributed by atoms with E-state index in [9.17, 15) is 14.7 Å². The molecule has 1 rings (SSSR count). The third-order valence-electron chi connectivity index (χ3n) is 4.30. The summed E-state index contributed by atoms with van der Waals surface area (Å²) in [6.45, 7) is 7.36. The summed E-state index contributed by atoms with van der Waals surface area (Å²) in [5.74, 6) is -0.384.